The Hall–Kier alpha value is -1.30. The molecule has 6 heteroatoms. The van der Waals surface area contributed by atoms with E-state index in [1.165, 1.54) is 0 Å². The van der Waals surface area contributed by atoms with Gasteiger partial charge in [-0.15, -0.1) is 0 Å². The van der Waals surface area contributed by atoms with Gasteiger partial charge in [0.2, 0.25) is 0 Å². The van der Waals surface area contributed by atoms with Crippen molar-refractivity contribution in [2.75, 3.05) is 39.8 Å². The monoisotopic (exact) mass is 339 g/mol. The van der Waals surface area contributed by atoms with Crippen LogP contribution in [0.2, 0.25) is 5.02 Å². The van der Waals surface area contributed by atoms with Crippen LogP contribution in [0.5, 0.6) is 5.75 Å². The molecule has 2 atom stereocenters. The molecule has 1 aliphatic heterocycles. The van der Waals surface area contributed by atoms with Crippen LogP contribution in [-0.4, -0.2) is 67.6 Å². The molecular weight excluding hydrogens is 314 g/mol. The number of ether oxygens (including phenoxy) is 1. The number of piperazine rings is 1. The smallest absolute Gasteiger partial charge is 0.260 e. The molecule has 2 unspecified atom stereocenters. The molecule has 0 aromatic heterocycles. The van der Waals surface area contributed by atoms with Gasteiger partial charge in [0.25, 0.3) is 5.91 Å². The van der Waals surface area contributed by atoms with Gasteiger partial charge in [-0.25, -0.2) is 0 Å². The average Bonchev–Trinajstić information content (AvgIpc) is 2.53. The van der Waals surface area contributed by atoms with Gasteiger partial charge in [-0.2, -0.15) is 0 Å². The van der Waals surface area contributed by atoms with E-state index in [0.717, 1.165) is 26.2 Å². The Balaban J connectivity index is 1.75. The van der Waals surface area contributed by atoms with Crippen molar-refractivity contribution in [2.24, 2.45) is 0 Å². The van der Waals surface area contributed by atoms with E-state index in [1.807, 2.05) is 0 Å². The van der Waals surface area contributed by atoms with Crippen LogP contribution >= 0.6 is 11.6 Å². The minimum Gasteiger partial charge on any atom is -0.481 e. The Bertz CT molecular complexity index is 518. The summed E-state index contributed by atoms with van der Waals surface area (Å²) in [4.78, 5) is 16.9. The summed E-state index contributed by atoms with van der Waals surface area (Å²) in [6.07, 6.45) is -0.548. The van der Waals surface area contributed by atoms with Crippen molar-refractivity contribution in [1.29, 1.82) is 0 Å². The standard InChI is InChI=1S/C17H26ClN3O2/c1-13(21-9-7-20(3)8-10-21)12-19-17(22)14(2)23-16-6-4-5-15(18)11-16/h4-6,11,13-14H,7-10,12H2,1-3H3,(H,19,22). The average molecular weight is 340 g/mol. The number of halogens is 1. The minimum absolute atomic E-state index is 0.106. The van der Waals surface area contributed by atoms with E-state index in [-0.39, 0.29) is 5.91 Å². The van der Waals surface area contributed by atoms with Crippen LogP contribution in [0.1, 0.15) is 13.8 Å². The van der Waals surface area contributed by atoms with Gasteiger partial charge in [-0.3, -0.25) is 9.69 Å². The number of hydrogen-bond acceptors (Lipinski definition) is 4. The van der Waals surface area contributed by atoms with Crippen molar-refractivity contribution in [3.63, 3.8) is 0 Å². The first-order valence-electron chi connectivity index (χ1n) is 8.08. The highest BCUT2D eigenvalue weighted by Crippen LogP contribution is 2.18. The fourth-order valence-corrected chi connectivity index (χ4v) is 2.76. The molecule has 0 bridgehead atoms. The van der Waals surface area contributed by atoms with Gasteiger partial charge < -0.3 is 15.0 Å². The third kappa shape index (κ3) is 5.68. The highest BCUT2D eigenvalue weighted by Gasteiger charge is 2.21. The summed E-state index contributed by atoms with van der Waals surface area (Å²) in [5.74, 6) is 0.498. The molecule has 1 N–H and O–H groups in total. The molecule has 1 fully saturated rings. The SMILES string of the molecule is CC(Oc1cccc(Cl)c1)C(=O)NCC(C)N1CCN(C)CC1. The highest BCUT2D eigenvalue weighted by molar-refractivity contribution is 6.30. The van der Waals surface area contributed by atoms with E-state index in [2.05, 4.69) is 29.1 Å². The number of rotatable bonds is 6. The van der Waals surface area contributed by atoms with Crippen molar-refractivity contribution in [3.05, 3.63) is 29.3 Å². The molecule has 0 aliphatic carbocycles. The summed E-state index contributed by atoms with van der Waals surface area (Å²) in [5.41, 5.74) is 0. The molecule has 2 rings (SSSR count). The molecule has 0 radical (unpaired) electrons. The second kappa shape index (κ2) is 8.52. The maximum Gasteiger partial charge on any atom is 0.260 e. The van der Waals surface area contributed by atoms with Crippen LogP contribution < -0.4 is 10.1 Å². The van der Waals surface area contributed by atoms with E-state index < -0.39 is 6.10 Å². The molecule has 1 aliphatic rings. The van der Waals surface area contributed by atoms with Gasteiger partial charge in [-0.05, 0) is 39.1 Å². The summed E-state index contributed by atoms with van der Waals surface area (Å²) in [7, 11) is 2.14. The van der Waals surface area contributed by atoms with E-state index >= 15 is 0 Å². The zero-order valence-corrected chi connectivity index (χ0v) is 14.8. The Morgan fingerprint density at radius 2 is 2.00 bits per heavy atom. The zero-order valence-electron chi connectivity index (χ0n) is 14.1. The van der Waals surface area contributed by atoms with Crippen molar-refractivity contribution in [3.8, 4) is 5.75 Å². The van der Waals surface area contributed by atoms with Crippen LogP contribution in [0.3, 0.4) is 0 Å². The van der Waals surface area contributed by atoms with Crippen molar-refractivity contribution >= 4 is 17.5 Å². The molecule has 1 heterocycles. The molecular formula is C17H26ClN3O2. The Morgan fingerprint density at radius 1 is 1.30 bits per heavy atom. The number of likely N-dealkylation sites (N-methyl/N-ethyl adjacent to an activating group) is 1. The van der Waals surface area contributed by atoms with Crippen LogP contribution in [-0.2, 0) is 4.79 Å². The quantitative estimate of drug-likeness (QED) is 0.859. The van der Waals surface area contributed by atoms with Crippen molar-refractivity contribution in [1.82, 2.24) is 15.1 Å². The Kier molecular flexibility index (Phi) is 6.69. The normalized spacial score (nSPS) is 19.1. The topological polar surface area (TPSA) is 44.8 Å². The van der Waals surface area contributed by atoms with E-state index in [4.69, 9.17) is 16.3 Å². The predicted molar refractivity (Wildman–Crippen MR) is 93.1 cm³/mol. The van der Waals surface area contributed by atoms with Crippen LogP contribution in [0.25, 0.3) is 0 Å². The molecule has 0 spiro atoms. The summed E-state index contributed by atoms with van der Waals surface area (Å²) in [6.45, 7) is 8.76. The number of nitrogens with zero attached hydrogens (tertiary/aromatic N) is 2. The maximum atomic E-state index is 12.2. The molecule has 5 nitrogen and oxygen atoms in total. The van der Waals surface area contributed by atoms with E-state index in [9.17, 15) is 4.79 Å². The first kappa shape index (κ1) is 18.0. The summed E-state index contributed by atoms with van der Waals surface area (Å²) >= 11 is 5.92. The molecule has 1 aromatic rings. The zero-order chi connectivity index (χ0) is 16.8. The van der Waals surface area contributed by atoms with Gasteiger partial charge in [0.15, 0.2) is 6.10 Å². The second-order valence-corrected chi connectivity index (χ2v) is 6.59. The lowest BCUT2D eigenvalue weighted by molar-refractivity contribution is -0.127. The third-order valence-electron chi connectivity index (χ3n) is 4.21. The number of benzene rings is 1. The third-order valence-corrected chi connectivity index (χ3v) is 4.45. The lowest BCUT2D eigenvalue weighted by atomic mass is 10.2. The van der Waals surface area contributed by atoms with Gasteiger partial charge in [0, 0.05) is 43.8 Å². The molecule has 1 saturated heterocycles. The molecule has 23 heavy (non-hydrogen) atoms. The maximum absolute atomic E-state index is 12.2. The first-order chi connectivity index (χ1) is 11.0. The molecule has 0 saturated carbocycles. The fourth-order valence-electron chi connectivity index (χ4n) is 2.58. The van der Waals surface area contributed by atoms with Crippen molar-refractivity contribution < 1.29 is 9.53 Å². The summed E-state index contributed by atoms with van der Waals surface area (Å²) in [6, 6.07) is 7.40. The first-order valence-corrected chi connectivity index (χ1v) is 8.46. The van der Waals surface area contributed by atoms with E-state index in [0.29, 0.717) is 23.4 Å². The van der Waals surface area contributed by atoms with Crippen LogP contribution in [0, 0.1) is 0 Å². The van der Waals surface area contributed by atoms with E-state index in [1.54, 1.807) is 31.2 Å². The molecule has 1 aromatic carbocycles. The van der Waals surface area contributed by atoms with Crippen molar-refractivity contribution in [2.45, 2.75) is 26.0 Å². The number of carbonyl (C=O) groups is 1. The molecule has 128 valence electrons. The Morgan fingerprint density at radius 3 is 2.65 bits per heavy atom. The van der Waals surface area contributed by atoms with Crippen LogP contribution in [0.15, 0.2) is 24.3 Å². The fraction of sp³-hybridized carbons (Fsp3) is 0.588. The predicted octanol–water partition coefficient (Wildman–Crippen LogP) is 1.86. The van der Waals surface area contributed by atoms with Gasteiger partial charge >= 0.3 is 0 Å². The summed E-state index contributed by atoms with van der Waals surface area (Å²) in [5, 5.41) is 3.57. The Labute approximate surface area is 143 Å². The number of hydrogen-bond donors (Lipinski definition) is 1. The number of carbonyl (C=O) groups excluding carboxylic acids is 1. The van der Waals surface area contributed by atoms with Crippen LogP contribution in [0.4, 0.5) is 0 Å². The number of amides is 1. The van der Waals surface area contributed by atoms with Gasteiger partial charge in [-0.1, -0.05) is 17.7 Å². The second-order valence-electron chi connectivity index (χ2n) is 6.15. The van der Waals surface area contributed by atoms with Gasteiger partial charge in [0.1, 0.15) is 5.75 Å². The summed E-state index contributed by atoms with van der Waals surface area (Å²) < 4.78 is 5.63. The lowest BCUT2D eigenvalue weighted by Crippen LogP contribution is -2.52. The lowest BCUT2D eigenvalue weighted by Gasteiger charge is -2.36. The number of nitrogens with one attached hydrogen (secondary N) is 1. The van der Waals surface area contributed by atoms with Gasteiger partial charge in [0.05, 0.1) is 0 Å². The molecule has 1 amide bonds. The largest absolute Gasteiger partial charge is 0.481 e. The highest BCUT2D eigenvalue weighted by atomic mass is 35.5. The minimum atomic E-state index is -0.548.